The molecule has 50 heavy (non-hydrogen) atoms. The van der Waals surface area contributed by atoms with Gasteiger partial charge in [-0.15, -0.1) is 0 Å². The number of carbonyl (C=O) groups excluding carboxylic acids is 2. The number of piperidine rings is 1. The Kier molecular flexibility index (Phi) is 11.0. The fourth-order valence-corrected chi connectivity index (χ4v) is 8.25. The van der Waals surface area contributed by atoms with Gasteiger partial charge in [0.15, 0.2) is 9.84 Å². The molecule has 5 rings (SSSR count). The van der Waals surface area contributed by atoms with Gasteiger partial charge in [-0.1, -0.05) is 59.1 Å². The Morgan fingerprint density at radius 1 is 0.960 bits per heavy atom. The van der Waals surface area contributed by atoms with Gasteiger partial charge in [-0.3, -0.25) is 9.89 Å². The second-order valence-corrected chi connectivity index (χ2v) is 16.5. The summed E-state index contributed by atoms with van der Waals surface area (Å²) < 4.78 is 32.0. The summed E-state index contributed by atoms with van der Waals surface area (Å²) in [6.45, 7) is 10.4. The molecule has 3 aromatic carbocycles. The average Bonchev–Trinajstić information content (AvgIpc) is 3.28. The lowest BCUT2D eigenvalue weighted by atomic mass is 9.71. The Balaban J connectivity index is 1.71. The second-order valence-electron chi connectivity index (χ2n) is 13.2. The lowest BCUT2D eigenvalue weighted by Gasteiger charge is -2.47. The van der Waals surface area contributed by atoms with Gasteiger partial charge in [0.25, 0.3) is 0 Å². The molecule has 0 saturated carbocycles. The summed E-state index contributed by atoms with van der Waals surface area (Å²) in [5.41, 5.74) is -0.534. The van der Waals surface area contributed by atoms with Crippen molar-refractivity contribution in [2.24, 2.45) is 4.99 Å². The van der Waals surface area contributed by atoms with Crippen molar-refractivity contribution in [1.82, 2.24) is 20.4 Å². The molecule has 0 aromatic heterocycles. The van der Waals surface area contributed by atoms with Crippen LogP contribution in [0.15, 0.2) is 70.6 Å². The van der Waals surface area contributed by atoms with Crippen LogP contribution in [0.3, 0.4) is 0 Å². The number of amides is 4. The normalized spacial score (nSPS) is 21.3. The molecule has 2 unspecified atom stereocenters. The van der Waals surface area contributed by atoms with Crippen LogP contribution in [0.5, 0.6) is 5.75 Å². The Hall–Kier alpha value is -3.51. The maximum atomic E-state index is 15.1. The molecule has 14 heteroatoms. The van der Waals surface area contributed by atoms with E-state index in [4.69, 9.17) is 44.5 Å². The summed E-state index contributed by atoms with van der Waals surface area (Å²) in [5.74, 6) is 0.491. The van der Waals surface area contributed by atoms with E-state index in [1.807, 2.05) is 52.0 Å². The van der Waals surface area contributed by atoms with Gasteiger partial charge in [-0.2, -0.15) is 0 Å². The van der Waals surface area contributed by atoms with Gasteiger partial charge >= 0.3 is 12.1 Å². The maximum Gasteiger partial charge on any atom is 0.326 e. The molecule has 10 nitrogen and oxygen atoms in total. The number of sulfone groups is 1. The van der Waals surface area contributed by atoms with E-state index < -0.39 is 20.9 Å². The van der Waals surface area contributed by atoms with Gasteiger partial charge in [-0.05, 0) is 88.9 Å². The molecule has 0 spiro atoms. The van der Waals surface area contributed by atoms with E-state index in [1.165, 1.54) is 12.1 Å². The highest BCUT2D eigenvalue weighted by atomic mass is 35.5. The van der Waals surface area contributed by atoms with Crippen molar-refractivity contribution in [1.29, 1.82) is 0 Å². The summed E-state index contributed by atoms with van der Waals surface area (Å²) in [5, 5.41) is 6.92. The molecular formula is C36H42Cl3N5O5S. The number of halogens is 3. The molecule has 2 N–H and O–H groups in total. The Morgan fingerprint density at radius 2 is 1.52 bits per heavy atom. The van der Waals surface area contributed by atoms with Crippen molar-refractivity contribution in [3.8, 4) is 5.75 Å². The first-order valence-corrected chi connectivity index (χ1v) is 19.5. The minimum atomic E-state index is -3.80. The fourth-order valence-electron chi connectivity index (χ4n) is 6.68. The average molecular weight is 763 g/mol. The highest BCUT2D eigenvalue weighted by molar-refractivity contribution is 7.90. The molecule has 0 aliphatic carbocycles. The van der Waals surface area contributed by atoms with Crippen LogP contribution >= 0.6 is 34.8 Å². The zero-order valence-corrected chi connectivity index (χ0v) is 32.0. The number of benzene rings is 3. The van der Waals surface area contributed by atoms with E-state index in [-0.39, 0.29) is 52.3 Å². The summed E-state index contributed by atoms with van der Waals surface area (Å²) in [7, 11) is -3.80. The lowest BCUT2D eigenvalue weighted by molar-refractivity contribution is 0.0995. The van der Waals surface area contributed by atoms with Gasteiger partial charge in [0.2, 0.25) is 0 Å². The highest BCUT2D eigenvalue weighted by Gasteiger charge is 2.60. The van der Waals surface area contributed by atoms with Crippen molar-refractivity contribution in [3.05, 3.63) is 92.4 Å². The number of nitrogens with one attached hydrogen (secondary N) is 2. The van der Waals surface area contributed by atoms with E-state index in [2.05, 4.69) is 10.6 Å². The molecule has 2 aliphatic rings. The Morgan fingerprint density at radius 3 is 2.04 bits per heavy atom. The number of hydrogen-bond donors (Lipinski definition) is 2. The molecular weight excluding hydrogens is 721 g/mol. The largest absolute Gasteiger partial charge is 0.493 e. The quantitative estimate of drug-likeness (QED) is 0.245. The van der Waals surface area contributed by atoms with Crippen LogP contribution in [0.25, 0.3) is 0 Å². The fraction of sp³-hybridized carbons (Fsp3) is 0.417. The van der Waals surface area contributed by atoms with Gasteiger partial charge in [-0.25, -0.2) is 18.0 Å². The topological polar surface area (TPSA) is 120 Å². The van der Waals surface area contributed by atoms with Crippen LogP contribution in [-0.2, 0) is 20.9 Å². The number of hydrogen-bond acceptors (Lipinski definition) is 6. The molecule has 4 amide bonds. The number of amidine groups is 1. The second kappa shape index (κ2) is 14.6. The first kappa shape index (κ1) is 37.7. The molecule has 0 bridgehead atoms. The number of rotatable bonds is 8. The van der Waals surface area contributed by atoms with E-state index in [0.717, 1.165) is 17.4 Å². The maximum absolute atomic E-state index is 15.1. The predicted octanol–water partition coefficient (Wildman–Crippen LogP) is 7.63. The molecule has 0 radical (unpaired) electrons. The monoisotopic (exact) mass is 761 g/mol. The van der Waals surface area contributed by atoms with Crippen molar-refractivity contribution in [2.75, 3.05) is 26.0 Å². The SMILES string of the molecule is CCOc1cc(Cl)c(S(C)(=O)=O)cc1C1=NC(C)(c2ccc(Cl)cc2)C(C)(c2ccc(Cl)cc2)N1C(=O)N1CCC(NC(=O)NC(C)C)CC1. The first-order chi connectivity index (χ1) is 23.5. The standard InChI is InChI=1S/C36H42Cl3N5O5S/c1-7-49-30-21-29(39)31(50(6,47)48)20-28(30)32-42-35(4,23-8-12-25(37)13-9-23)36(5,24-10-14-26(38)15-11-24)44(32)34(46)43-18-16-27(17-19-43)41-33(45)40-22(2)3/h8-15,20-22,27H,7,16-19H2,1-6H3,(H2,40,41,45). The molecule has 1 saturated heterocycles. The van der Waals surface area contributed by atoms with Gasteiger partial charge < -0.3 is 20.3 Å². The number of likely N-dealkylation sites (tertiary alicyclic amines) is 1. The zero-order chi connectivity index (χ0) is 36.6. The van der Waals surface area contributed by atoms with Crippen LogP contribution in [0, 0.1) is 0 Å². The number of aliphatic imine (C=N–C) groups is 1. The van der Waals surface area contributed by atoms with E-state index in [1.54, 1.807) is 41.0 Å². The minimum Gasteiger partial charge on any atom is -0.493 e. The van der Waals surface area contributed by atoms with Crippen LogP contribution in [0.4, 0.5) is 9.59 Å². The summed E-state index contributed by atoms with van der Waals surface area (Å²) >= 11 is 19.2. The Bertz CT molecular complexity index is 1900. The first-order valence-electron chi connectivity index (χ1n) is 16.4. The van der Waals surface area contributed by atoms with Gasteiger partial charge in [0, 0.05) is 47.5 Å². The Labute approximate surface area is 309 Å². The summed E-state index contributed by atoms with van der Waals surface area (Å²) in [6, 6.07) is 16.7. The molecule has 2 aliphatic heterocycles. The summed E-state index contributed by atoms with van der Waals surface area (Å²) in [6.07, 6.45) is 2.15. The molecule has 1 fully saturated rings. The zero-order valence-electron chi connectivity index (χ0n) is 28.9. The lowest BCUT2D eigenvalue weighted by Crippen LogP contribution is -2.60. The predicted molar refractivity (Wildman–Crippen MR) is 199 cm³/mol. The van der Waals surface area contributed by atoms with Crippen molar-refractivity contribution < 1.29 is 22.7 Å². The van der Waals surface area contributed by atoms with E-state index in [9.17, 15) is 13.2 Å². The van der Waals surface area contributed by atoms with Crippen molar-refractivity contribution >= 4 is 62.5 Å². The van der Waals surface area contributed by atoms with Crippen LogP contribution < -0.4 is 15.4 Å². The van der Waals surface area contributed by atoms with E-state index in [0.29, 0.717) is 41.5 Å². The van der Waals surface area contributed by atoms with Gasteiger partial charge in [0.1, 0.15) is 22.7 Å². The third-order valence-electron chi connectivity index (χ3n) is 9.44. The third kappa shape index (κ3) is 7.28. The van der Waals surface area contributed by atoms with Gasteiger partial charge in [0.05, 0.1) is 22.1 Å². The number of urea groups is 2. The number of ether oxygens (including phenoxy) is 1. The van der Waals surface area contributed by atoms with E-state index >= 15 is 4.79 Å². The molecule has 2 atom stereocenters. The van der Waals surface area contributed by atoms with Crippen molar-refractivity contribution in [2.45, 2.75) is 75.5 Å². The molecule has 268 valence electrons. The summed E-state index contributed by atoms with van der Waals surface area (Å²) in [4.78, 5) is 36.2. The molecule has 2 heterocycles. The van der Waals surface area contributed by atoms with Crippen LogP contribution in [-0.4, -0.2) is 74.2 Å². The highest BCUT2D eigenvalue weighted by Crippen LogP contribution is 2.54. The third-order valence-corrected chi connectivity index (χ3v) is 11.5. The smallest absolute Gasteiger partial charge is 0.326 e. The number of nitrogens with zero attached hydrogens (tertiary/aromatic N) is 3. The van der Waals surface area contributed by atoms with Crippen LogP contribution in [0.1, 0.15) is 64.2 Å². The van der Waals surface area contributed by atoms with Crippen LogP contribution in [0.2, 0.25) is 15.1 Å². The molecule has 3 aromatic rings. The minimum absolute atomic E-state index is 0.00632. The van der Waals surface area contributed by atoms with Crippen molar-refractivity contribution in [3.63, 3.8) is 0 Å². The number of carbonyl (C=O) groups is 2.